The zero-order chi connectivity index (χ0) is 22.5. The molecule has 5 rings (SSSR count). The summed E-state index contributed by atoms with van der Waals surface area (Å²) in [5.74, 6) is -2.72. The van der Waals surface area contributed by atoms with Gasteiger partial charge in [-0.3, -0.25) is 4.90 Å². The predicted octanol–water partition coefficient (Wildman–Crippen LogP) is 3.16. The Morgan fingerprint density at radius 1 is 1.12 bits per heavy atom. The molecule has 0 N–H and O–H groups in total. The van der Waals surface area contributed by atoms with E-state index < -0.39 is 19.0 Å². The molecule has 4 fully saturated rings. The number of nitrogens with zero attached hydrogens (tertiary/aromatic N) is 4. The summed E-state index contributed by atoms with van der Waals surface area (Å²) in [6, 6.07) is 0.397. The van der Waals surface area contributed by atoms with Gasteiger partial charge in [-0.1, -0.05) is 6.08 Å². The number of likely N-dealkylation sites (tertiary alicyclic amines) is 3. The zero-order valence-corrected chi connectivity index (χ0v) is 18.9. The summed E-state index contributed by atoms with van der Waals surface area (Å²) >= 11 is 0. The van der Waals surface area contributed by atoms with Gasteiger partial charge in [0.25, 0.3) is 5.92 Å². The van der Waals surface area contributed by atoms with Crippen LogP contribution in [0.3, 0.4) is 0 Å². The second-order valence-corrected chi connectivity index (χ2v) is 10.3. The highest BCUT2D eigenvalue weighted by molar-refractivity contribution is 5.76. The average molecular weight is 453 g/mol. The summed E-state index contributed by atoms with van der Waals surface area (Å²) < 4.78 is 31.5. The first-order valence-electron chi connectivity index (χ1n) is 12.1. The van der Waals surface area contributed by atoms with Crippen LogP contribution in [0.4, 0.5) is 18.4 Å². The molecule has 1 spiro atoms. The minimum atomic E-state index is -2.72. The van der Waals surface area contributed by atoms with Crippen LogP contribution in [0, 0.1) is 5.41 Å². The molecule has 1 atom stereocenters. The number of ether oxygens (including phenoxy) is 1. The maximum atomic E-state index is 13.2. The summed E-state index contributed by atoms with van der Waals surface area (Å²) in [4.78, 5) is 32.2. The first-order valence-corrected chi connectivity index (χ1v) is 12.1. The van der Waals surface area contributed by atoms with Crippen LogP contribution in [-0.4, -0.2) is 102 Å². The van der Waals surface area contributed by atoms with Gasteiger partial charge in [-0.15, -0.1) is 0 Å². The summed E-state index contributed by atoms with van der Waals surface area (Å²) in [7, 11) is 0. The van der Waals surface area contributed by atoms with E-state index in [2.05, 4.69) is 11.0 Å². The fourth-order valence-corrected chi connectivity index (χ4v) is 6.38. The molecule has 5 aliphatic rings. The molecule has 3 amide bonds. The van der Waals surface area contributed by atoms with Gasteiger partial charge in [0, 0.05) is 38.8 Å². The standard InChI is InChI=1S/C23H34F2N4O3/c1-2-32-21(31)27-11-7-22(14-27)12-18(13-22)26-9-5-17(6-10-26)19-4-3-8-29(19)20(30)28-15-23(24,25)16-28/h5,18-19H,2-4,6-16H2,1H3/t18?,19-,22?/m0/s1. The van der Waals surface area contributed by atoms with Crippen molar-refractivity contribution in [2.45, 2.75) is 63.5 Å². The molecule has 1 saturated carbocycles. The number of hydrogen-bond acceptors (Lipinski definition) is 4. The van der Waals surface area contributed by atoms with E-state index in [0.717, 1.165) is 64.7 Å². The molecule has 4 aliphatic heterocycles. The third-order valence-electron chi connectivity index (χ3n) is 8.14. The lowest BCUT2D eigenvalue weighted by Gasteiger charge is -2.51. The highest BCUT2D eigenvalue weighted by atomic mass is 19.3. The Kier molecular flexibility index (Phi) is 5.58. The van der Waals surface area contributed by atoms with E-state index in [0.29, 0.717) is 19.2 Å². The first-order chi connectivity index (χ1) is 15.3. The van der Waals surface area contributed by atoms with Crippen molar-refractivity contribution in [1.29, 1.82) is 0 Å². The van der Waals surface area contributed by atoms with Crippen molar-refractivity contribution in [2.24, 2.45) is 5.41 Å². The quantitative estimate of drug-likeness (QED) is 0.618. The lowest BCUT2D eigenvalue weighted by Crippen LogP contribution is -2.62. The van der Waals surface area contributed by atoms with Crippen LogP contribution in [0.15, 0.2) is 11.6 Å². The van der Waals surface area contributed by atoms with E-state index >= 15 is 0 Å². The Morgan fingerprint density at radius 3 is 2.56 bits per heavy atom. The van der Waals surface area contributed by atoms with E-state index in [1.807, 2.05) is 16.7 Å². The Labute approximate surface area is 188 Å². The second-order valence-electron chi connectivity index (χ2n) is 10.3. The van der Waals surface area contributed by atoms with Crippen molar-refractivity contribution < 1.29 is 23.1 Å². The van der Waals surface area contributed by atoms with E-state index in [1.54, 1.807) is 0 Å². The van der Waals surface area contributed by atoms with Crippen molar-refractivity contribution in [3.05, 3.63) is 11.6 Å². The van der Waals surface area contributed by atoms with Gasteiger partial charge in [0.1, 0.15) is 0 Å². The van der Waals surface area contributed by atoms with Gasteiger partial charge in [0.05, 0.1) is 25.7 Å². The number of halogens is 2. The maximum absolute atomic E-state index is 13.2. The SMILES string of the molecule is CCOC(=O)N1CCC2(CC(N3CC=C([C@@H]4CCCN4C(=O)N4CC(F)(F)C4)CC3)C2)C1. The predicted molar refractivity (Wildman–Crippen MR) is 115 cm³/mol. The third kappa shape index (κ3) is 3.97. The number of urea groups is 1. The largest absolute Gasteiger partial charge is 0.450 e. The summed E-state index contributed by atoms with van der Waals surface area (Å²) in [5.41, 5.74) is 1.55. The summed E-state index contributed by atoms with van der Waals surface area (Å²) in [6.07, 6.45) is 8.20. The number of amides is 3. The van der Waals surface area contributed by atoms with Gasteiger partial charge in [0.2, 0.25) is 0 Å². The molecule has 0 aromatic heterocycles. The van der Waals surface area contributed by atoms with Gasteiger partial charge in [-0.25, -0.2) is 18.4 Å². The molecule has 0 aromatic rings. The molecule has 9 heteroatoms. The molecule has 1 aliphatic carbocycles. The number of carbonyl (C=O) groups is 2. The Bertz CT molecular complexity index is 790. The molecule has 178 valence electrons. The molecular formula is C23H34F2N4O3. The van der Waals surface area contributed by atoms with Gasteiger partial charge in [-0.05, 0) is 56.4 Å². The summed E-state index contributed by atoms with van der Waals surface area (Å²) in [5, 5.41) is 0. The minimum Gasteiger partial charge on any atom is -0.450 e. The smallest absolute Gasteiger partial charge is 0.409 e. The van der Waals surface area contributed by atoms with Crippen molar-refractivity contribution in [2.75, 3.05) is 52.4 Å². The summed E-state index contributed by atoms with van der Waals surface area (Å²) in [6.45, 7) is 5.50. The normalized spacial score (nSPS) is 34.3. The second kappa shape index (κ2) is 8.15. The molecule has 32 heavy (non-hydrogen) atoms. The fraction of sp³-hybridized carbons (Fsp3) is 0.826. The molecule has 4 heterocycles. The Hall–Kier alpha value is -1.90. The van der Waals surface area contributed by atoms with Crippen LogP contribution >= 0.6 is 0 Å². The lowest BCUT2D eigenvalue weighted by molar-refractivity contribution is -0.114. The molecule has 0 unspecified atom stereocenters. The van der Waals surface area contributed by atoms with E-state index in [-0.39, 0.29) is 23.6 Å². The van der Waals surface area contributed by atoms with Crippen molar-refractivity contribution in [3.63, 3.8) is 0 Å². The van der Waals surface area contributed by atoms with Crippen LogP contribution in [0.5, 0.6) is 0 Å². The van der Waals surface area contributed by atoms with E-state index in [9.17, 15) is 18.4 Å². The van der Waals surface area contributed by atoms with Gasteiger partial charge in [-0.2, -0.15) is 0 Å². The molecule has 3 saturated heterocycles. The van der Waals surface area contributed by atoms with Crippen LogP contribution in [-0.2, 0) is 4.74 Å². The van der Waals surface area contributed by atoms with Crippen molar-refractivity contribution >= 4 is 12.1 Å². The highest BCUT2D eigenvalue weighted by Gasteiger charge is 2.52. The van der Waals surface area contributed by atoms with Crippen molar-refractivity contribution in [3.8, 4) is 0 Å². The molecule has 0 radical (unpaired) electrons. The molecule has 0 bridgehead atoms. The number of rotatable bonds is 3. The average Bonchev–Trinajstić information content (AvgIpc) is 3.38. The zero-order valence-electron chi connectivity index (χ0n) is 18.9. The monoisotopic (exact) mass is 452 g/mol. The number of hydrogen-bond donors (Lipinski definition) is 0. The van der Waals surface area contributed by atoms with E-state index in [4.69, 9.17) is 4.74 Å². The highest BCUT2D eigenvalue weighted by Crippen LogP contribution is 2.50. The van der Waals surface area contributed by atoms with Gasteiger partial charge in [0.15, 0.2) is 0 Å². The van der Waals surface area contributed by atoms with Gasteiger partial charge < -0.3 is 19.4 Å². The van der Waals surface area contributed by atoms with Crippen LogP contribution in [0.2, 0.25) is 0 Å². The van der Waals surface area contributed by atoms with Crippen LogP contribution < -0.4 is 0 Å². The first kappa shape index (κ1) is 21.9. The topological polar surface area (TPSA) is 56.3 Å². The Balaban J connectivity index is 1.12. The Morgan fingerprint density at radius 2 is 1.91 bits per heavy atom. The van der Waals surface area contributed by atoms with E-state index in [1.165, 1.54) is 10.5 Å². The van der Waals surface area contributed by atoms with Crippen LogP contribution in [0.1, 0.15) is 45.4 Å². The molecule has 0 aromatic carbocycles. The van der Waals surface area contributed by atoms with Gasteiger partial charge >= 0.3 is 12.1 Å². The molecule has 7 nitrogen and oxygen atoms in total. The number of carbonyl (C=O) groups excluding carboxylic acids is 2. The lowest BCUT2D eigenvalue weighted by atomic mass is 9.64. The fourth-order valence-electron chi connectivity index (χ4n) is 6.38. The number of alkyl halides is 2. The third-order valence-corrected chi connectivity index (χ3v) is 8.14. The molecular weight excluding hydrogens is 418 g/mol. The maximum Gasteiger partial charge on any atom is 0.409 e. The van der Waals surface area contributed by atoms with Crippen LogP contribution in [0.25, 0.3) is 0 Å². The van der Waals surface area contributed by atoms with Crippen molar-refractivity contribution in [1.82, 2.24) is 19.6 Å². The minimum absolute atomic E-state index is 0.0690.